The van der Waals surface area contributed by atoms with Crippen molar-refractivity contribution in [3.05, 3.63) is 333 Å². The molecule has 0 radical (unpaired) electrons. The van der Waals surface area contributed by atoms with E-state index in [4.69, 9.17) is 48.6 Å². The van der Waals surface area contributed by atoms with Crippen molar-refractivity contribution in [3.63, 3.8) is 0 Å². The molecule has 7 aromatic heterocycles. The number of hydrogen-bond donors (Lipinski definition) is 0. The van der Waals surface area contributed by atoms with Crippen molar-refractivity contribution in [2.75, 3.05) is 0 Å². The Balaban J connectivity index is 0.000000146. The molecule has 0 N–H and O–H groups in total. The van der Waals surface area contributed by atoms with Gasteiger partial charge >= 0.3 is 0 Å². The van der Waals surface area contributed by atoms with Crippen LogP contribution >= 0.6 is 23.5 Å². The molecule has 0 saturated heterocycles. The third-order valence-electron chi connectivity index (χ3n) is 20.3. The van der Waals surface area contributed by atoms with Crippen molar-refractivity contribution in [2.24, 2.45) is 0 Å². The first-order chi connectivity index (χ1) is 53.8. The molecule has 109 heavy (non-hydrogen) atoms. The van der Waals surface area contributed by atoms with Crippen LogP contribution in [0.3, 0.4) is 0 Å². The molecule has 0 fully saturated rings. The lowest BCUT2D eigenvalue weighted by Crippen LogP contribution is -2.01. The van der Waals surface area contributed by atoms with Gasteiger partial charge in [0.25, 0.3) is 0 Å². The van der Waals surface area contributed by atoms with Gasteiger partial charge in [-0.1, -0.05) is 272 Å². The van der Waals surface area contributed by atoms with E-state index >= 15 is 0 Å². The van der Waals surface area contributed by atoms with Gasteiger partial charge in [-0.3, -0.25) is 0 Å². The Morgan fingerprint density at radius 3 is 0.972 bits per heavy atom. The third kappa shape index (κ3) is 11.9. The van der Waals surface area contributed by atoms with Gasteiger partial charge in [-0.15, -0.1) is 0 Å². The molecule has 14 aromatic carbocycles. The first-order valence-corrected chi connectivity index (χ1v) is 37.4. The van der Waals surface area contributed by atoms with Crippen LogP contribution in [0.25, 0.3) is 206 Å². The molecule has 0 saturated carbocycles. The minimum absolute atomic E-state index is 0.604. The minimum atomic E-state index is 0.604. The van der Waals surface area contributed by atoms with Crippen molar-refractivity contribution in [1.29, 1.82) is 0 Å². The quantitative estimate of drug-likeness (QED) is 0.113. The number of nitrogens with zero attached hydrogens (tertiary/aromatic N) is 13. The lowest BCUT2D eigenvalue weighted by molar-refractivity contribution is 1.07. The number of benzene rings is 14. The maximum Gasteiger partial charge on any atom is 0.164 e. The SMILES string of the molecule is Cc1ccc(-c2nc(-c3ccc(C)cc3)nc(-c3ccc(-c4ccc5c(c4)nc(-c4ccccc4)c4ccc6nsnc6c45)cc3)n2)cc1.c1ccc(-c2nc(-c3ccc(-c4ccc5c(c4)nc(-c4ccccc4)c4ccc6nsnc6c45)cc3)nc(-c3cccc(-n4c5ccccc5c5ccccc54)c3)n2)cc1. The molecule has 21 aromatic rings. The molecule has 0 aliphatic rings. The van der Waals surface area contributed by atoms with Crippen molar-refractivity contribution in [3.8, 4) is 119 Å². The molecule has 0 spiro atoms. The minimum Gasteiger partial charge on any atom is -0.309 e. The number of aryl methyl sites for hydroxylation is 2. The summed E-state index contributed by atoms with van der Waals surface area (Å²) in [4.78, 5) is 40.5. The lowest BCUT2D eigenvalue weighted by Gasteiger charge is -2.12. The first kappa shape index (κ1) is 64.5. The molecular formula is C94H59N13S2. The predicted octanol–water partition coefficient (Wildman–Crippen LogP) is 23.5. The predicted molar refractivity (Wildman–Crippen MR) is 445 cm³/mol. The van der Waals surface area contributed by atoms with Gasteiger partial charge < -0.3 is 4.57 Å². The van der Waals surface area contributed by atoms with Crippen LogP contribution in [-0.2, 0) is 0 Å². The molecule has 21 rings (SSSR count). The molecule has 0 aliphatic carbocycles. The molecule has 0 unspecified atom stereocenters. The second-order valence-electron chi connectivity index (χ2n) is 27.1. The molecular weight excluding hydrogens is 1380 g/mol. The van der Waals surface area contributed by atoms with Crippen molar-refractivity contribution in [2.45, 2.75) is 13.8 Å². The fourth-order valence-electron chi connectivity index (χ4n) is 14.8. The van der Waals surface area contributed by atoms with Crippen LogP contribution < -0.4 is 0 Å². The van der Waals surface area contributed by atoms with E-state index in [1.54, 1.807) is 0 Å². The highest BCUT2D eigenvalue weighted by molar-refractivity contribution is 7.00. The van der Waals surface area contributed by atoms with Crippen LogP contribution in [0, 0.1) is 13.8 Å². The molecule has 0 amide bonds. The van der Waals surface area contributed by atoms with E-state index in [-0.39, 0.29) is 0 Å². The average Bonchev–Trinajstić information content (AvgIpc) is 1.69. The smallest absolute Gasteiger partial charge is 0.164 e. The second kappa shape index (κ2) is 27.1. The van der Waals surface area contributed by atoms with E-state index < -0.39 is 0 Å². The van der Waals surface area contributed by atoms with Gasteiger partial charge in [0.2, 0.25) is 0 Å². The van der Waals surface area contributed by atoms with Crippen LogP contribution in [-0.4, -0.2) is 61.9 Å². The molecule has 512 valence electrons. The van der Waals surface area contributed by atoms with Gasteiger partial charge in [-0.25, -0.2) is 39.9 Å². The Kier molecular flexibility index (Phi) is 16.0. The Morgan fingerprint density at radius 1 is 0.220 bits per heavy atom. The van der Waals surface area contributed by atoms with Crippen molar-refractivity contribution in [1.82, 2.24) is 61.9 Å². The van der Waals surface area contributed by atoms with Gasteiger partial charge in [-0.05, 0) is 96.8 Å². The summed E-state index contributed by atoms with van der Waals surface area (Å²) in [5, 5.41) is 8.85. The monoisotopic (exact) mass is 1430 g/mol. The zero-order chi connectivity index (χ0) is 72.5. The van der Waals surface area contributed by atoms with Crippen LogP contribution in [0.15, 0.2) is 322 Å². The summed E-state index contributed by atoms with van der Waals surface area (Å²) in [6.07, 6.45) is 0. The Bertz CT molecular complexity index is 6980. The molecule has 0 bridgehead atoms. The summed E-state index contributed by atoms with van der Waals surface area (Å²) in [6, 6.07) is 111. The number of hydrogen-bond acceptors (Lipinski definition) is 14. The fourth-order valence-corrected chi connectivity index (χ4v) is 15.9. The largest absolute Gasteiger partial charge is 0.309 e. The van der Waals surface area contributed by atoms with Crippen LogP contribution in [0.1, 0.15) is 11.1 Å². The van der Waals surface area contributed by atoms with E-state index in [1.165, 1.54) is 45.4 Å². The lowest BCUT2D eigenvalue weighted by atomic mass is 9.96. The first-order valence-electron chi connectivity index (χ1n) is 35.9. The highest BCUT2D eigenvalue weighted by Crippen LogP contribution is 2.42. The van der Waals surface area contributed by atoms with E-state index in [1.807, 2.05) is 66.7 Å². The van der Waals surface area contributed by atoms with Gasteiger partial charge in [0.15, 0.2) is 34.9 Å². The number of pyridine rings is 2. The van der Waals surface area contributed by atoms with E-state index in [0.717, 1.165) is 160 Å². The van der Waals surface area contributed by atoms with Gasteiger partial charge in [0.1, 0.15) is 22.1 Å². The van der Waals surface area contributed by atoms with Crippen molar-refractivity contribution >= 4 is 111 Å². The Labute approximate surface area is 633 Å². The standard InChI is InChI=1S/C52H31N7S.C42H28N6S/c1-3-12-33(13-4-1)48-42-28-29-43-49(58-60-57-43)47(42)41-27-26-36(31-44(41)53-48)32-22-24-35(25-23-32)51-54-50(34-14-5-2-6-15-34)55-52(56-51)37-16-11-17-38(30-37)59-45-20-9-7-18-39(45)40-19-8-10-21-46(40)59;1-25-8-12-29(13-9-25)40-44-41(30-14-10-26(2)11-15-30)46-42(45-40)31-18-16-27(17-19-31)32-20-21-33-36(24-32)43-38(28-6-4-3-5-7-28)34-22-23-35-39(37(33)34)48-49-47-35/h1-31H;3-24H,1-2H3. The highest BCUT2D eigenvalue weighted by atomic mass is 32.1. The van der Waals surface area contributed by atoms with E-state index in [0.29, 0.717) is 34.9 Å². The average molecular weight is 1430 g/mol. The molecule has 7 heterocycles. The molecule has 13 nitrogen and oxygen atoms in total. The van der Waals surface area contributed by atoms with Gasteiger partial charge in [0.05, 0.1) is 56.9 Å². The summed E-state index contributed by atoms with van der Waals surface area (Å²) >= 11 is 2.48. The number of aromatic nitrogens is 13. The fraction of sp³-hybridized carbons (Fsp3) is 0.0213. The van der Waals surface area contributed by atoms with Crippen molar-refractivity contribution < 1.29 is 0 Å². The summed E-state index contributed by atoms with van der Waals surface area (Å²) < 4.78 is 20.8. The Morgan fingerprint density at radius 2 is 0.550 bits per heavy atom. The highest BCUT2D eigenvalue weighted by Gasteiger charge is 2.22. The van der Waals surface area contributed by atoms with Crippen LogP contribution in [0.4, 0.5) is 0 Å². The summed E-state index contributed by atoms with van der Waals surface area (Å²) in [7, 11) is 0. The maximum absolute atomic E-state index is 5.27. The number of para-hydroxylation sites is 2. The zero-order valence-corrected chi connectivity index (χ0v) is 60.4. The molecule has 15 heteroatoms. The maximum atomic E-state index is 5.27. The number of rotatable bonds is 11. The van der Waals surface area contributed by atoms with Gasteiger partial charge in [0, 0.05) is 93.3 Å². The Hall–Kier alpha value is -14.1. The molecule has 0 atom stereocenters. The van der Waals surface area contributed by atoms with Gasteiger partial charge in [-0.2, -0.15) is 17.5 Å². The number of fused-ring (bicyclic) bond motifs is 13. The third-order valence-corrected chi connectivity index (χ3v) is 21.4. The molecule has 0 aliphatic heterocycles. The summed E-state index contributed by atoms with van der Waals surface area (Å²) in [5.74, 6) is 3.76. The van der Waals surface area contributed by atoms with E-state index in [9.17, 15) is 0 Å². The zero-order valence-electron chi connectivity index (χ0n) is 58.7. The summed E-state index contributed by atoms with van der Waals surface area (Å²) in [6.45, 7) is 4.16. The van der Waals surface area contributed by atoms with Crippen LogP contribution in [0.2, 0.25) is 0 Å². The van der Waals surface area contributed by atoms with E-state index in [2.05, 4.69) is 282 Å². The normalized spacial score (nSPS) is 11.6. The second-order valence-corrected chi connectivity index (χ2v) is 28.2. The summed E-state index contributed by atoms with van der Waals surface area (Å²) in [5.41, 5.74) is 25.0. The van der Waals surface area contributed by atoms with Crippen LogP contribution in [0.5, 0.6) is 0 Å². The topological polar surface area (TPSA) is 160 Å².